The van der Waals surface area contributed by atoms with Crippen LogP contribution < -0.4 is 11.1 Å². The van der Waals surface area contributed by atoms with Crippen LogP contribution in [0.25, 0.3) is 0 Å². The summed E-state index contributed by atoms with van der Waals surface area (Å²) in [6.45, 7) is 2.40. The Balaban J connectivity index is 1.25. The summed E-state index contributed by atoms with van der Waals surface area (Å²) in [6.07, 6.45) is 0. The molecule has 1 aromatic heterocycles. The first-order chi connectivity index (χ1) is 16.4. The zero-order valence-electron chi connectivity index (χ0n) is 17.3. The molecule has 0 bridgehead atoms. The molecule has 2 atom stereocenters. The number of carboxylic acids is 1. The quantitative estimate of drug-likeness (QED) is 0.157. The number of thioether (sulfide) groups is 3. The average molecular weight is 543 g/mol. The van der Waals surface area contributed by atoms with Crippen LogP contribution in [0.5, 0.6) is 0 Å². The fourth-order valence-corrected chi connectivity index (χ4v) is 7.99. The van der Waals surface area contributed by atoms with Crippen molar-refractivity contribution in [1.29, 1.82) is 0 Å². The fraction of sp³-hybridized carbons (Fsp3) is 0.471. The second-order valence-corrected chi connectivity index (χ2v) is 11.8. The summed E-state index contributed by atoms with van der Waals surface area (Å²) in [7, 11) is 0. The summed E-state index contributed by atoms with van der Waals surface area (Å²) in [5.41, 5.74) is 4.98. The van der Waals surface area contributed by atoms with E-state index in [1.54, 1.807) is 11.8 Å². The van der Waals surface area contributed by atoms with Gasteiger partial charge in [0.25, 0.3) is 11.8 Å². The van der Waals surface area contributed by atoms with E-state index < -0.39 is 34.9 Å². The zero-order chi connectivity index (χ0) is 24.0. The third-order valence-corrected chi connectivity index (χ3v) is 9.68. The SMILES string of the molecule is Nc1nc(/C(=N/O)C(=O)N[C@@H]2C(=O)N3C(C(=O)O)=C(SC4CN(C5=NCCS5)C4)CS[C@H]23)ns1. The summed E-state index contributed by atoms with van der Waals surface area (Å²) in [4.78, 5) is 49.8. The number of aliphatic carboxylic acids is 1. The fourth-order valence-electron chi connectivity index (χ4n) is 3.80. The number of hydrogen-bond donors (Lipinski definition) is 4. The van der Waals surface area contributed by atoms with E-state index >= 15 is 0 Å². The van der Waals surface area contributed by atoms with E-state index in [9.17, 15) is 24.7 Å². The second-order valence-electron chi connectivity index (χ2n) is 7.50. The van der Waals surface area contributed by atoms with Crippen LogP contribution >= 0.6 is 46.8 Å². The van der Waals surface area contributed by atoms with E-state index in [0.717, 1.165) is 42.1 Å². The molecule has 0 unspecified atom stereocenters. The number of aromatic nitrogens is 2. The van der Waals surface area contributed by atoms with Crippen LogP contribution in [0.2, 0.25) is 0 Å². The molecule has 180 valence electrons. The number of fused-ring (bicyclic) bond motifs is 1. The van der Waals surface area contributed by atoms with Crippen molar-refractivity contribution in [2.45, 2.75) is 16.7 Å². The molecule has 13 nitrogen and oxygen atoms in total. The van der Waals surface area contributed by atoms with Crippen LogP contribution in [-0.2, 0) is 14.4 Å². The number of amidine groups is 1. The van der Waals surface area contributed by atoms with Crippen LogP contribution in [0.4, 0.5) is 5.13 Å². The van der Waals surface area contributed by atoms with Crippen molar-refractivity contribution in [2.24, 2.45) is 10.1 Å². The summed E-state index contributed by atoms with van der Waals surface area (Å²) < 4.78 is 3.83. The van der Waals surface area contributed by atoms with Gasteiger partial charge in [-0.15, -0.1) is 23.5 Å². The monoisotopic (exact) mass is 542 g/mol. The van der Waals surface area contributed by atoms with E-state index in [4.69, 9.17) is 5.73 Å². The summed E-state index contributed by atoms with van der Waals surface area (Å²) >= 11 is 5.41. The largest absolute Gasteiger partial charge is 0.477 e. The number of nitrogens with two attached hydrogens (primary N) is 1. The van der Waals surface area contributed by atoms with E-state index in [0.29, 0.717) is 10.7 Å². The number of amides is 2. The van der Waals surface area contributed by atoms with Gasteiger partial charge in [0, 0.05) is 46.3 Å². The summed E-state index contributed by atoms with van der Waals surface area (Å²) in [5.74, 6) is -1.35. The maximum absolute atomic E-state index is 12.9. The Morgan fingerprint density at radius 1 is 1.32 bits per heavy atom. The van der Waals surface area contributed by atoms with Gasteiger partial charge in [0.05, 0.1) is 6.54 Å². The molecule has 2 saturated heterocycles. The molecule has 4 aliphatic heterocycles. The lowest BCUT2D eigenvalue weighted by Gasteiger charge is -2.50. The number of hydrogen-bond acceptors (Lipinski definition) is 14. The molecule has 0 saturated carbocycles. The number of nitrogens with one attached hydrogen (secondary N) is 1. The third-order valence-electron chi connectivity index (χ3n) is 5.39. The van der Waals surface area contributed by atoms with Gasteiger partial charge in [0.15, 0.2) is 10.3 Å². The number of oxime groups is 1. The molecular formula is C17H18N8O5S4. The van der Waals surface area contributed by atoms with Gasteiger partial charge in [-0.3, -0.25) is 19.5 Å². The van der Waals surface area contributed by atoms with Crippen molar-refractivity contribution in [3.63, 3.8) is 0 Å². The Kier molecular flexibility index (Phi) is 6.34. The minimum absolute atomic E-state index is 0.0414. The zero-order valence-corrected chi connectivity index (χ0v) is 20.5. The average Bonchev–Trinajstić information content (AvgIpc) is 3.46. The first-order valence-electron chi connectivity index (χ1n) is 9.99. The Morgan fingerprint density at radius 3 is 2.74 bits per heavy atom. The topological polar surface area (TPSA) is 187 Å². The number of carbonyl (C=O) groups is 3. The first kappa shape index (κ1) is 23.3. The predicted molar refractivity (Wildman–Crippen MR) is 130 cm³/mol. The minimum Gasteiger partial charge on any atom is -0.477 e. The lowest BCUT2D eigenvalue weighted by molar-refractivity contribution is -0.150. The number of carboxylic acid groups (broad SMARTS) is 1. The maximum Gasteiger partial charge on any atom is 0.353 e. The lowest BCUT2D eigenvalue weighted by atomic mass is 10.0. The van der Waals surface area contributed by atoms with Crippen LogP contribution in [0.1, 0.15) is 5.82 Å². The van der Waals surface area contributed by atoms with Crippen molar-refractivity contribution >= 4 is 80.6 Å². The Bertz CT molecular complexity index is 1150. The van der Waals surface area contributed by atoms with Crippen molar-refractivity contribution in [3.8, 4) is 0 Å². The van der Waals surface area contributed by atoms with Crippen LogP contribution in [0.15, 0.2) is 20.8 Å². The van der Waals surface area contributed by atoms with Crippen LogP contribution in [0.3, 0.4) is 0 Å². The third kappa shape index (κ3) is 4.09. The smallest absolute Gasteiger partial charge is 0.353 e. The normalized spacial score (nSPS) is 25.0. The number of nitrogen functional groups attached to an aromatic ring is 1. The number of carbonyl (C=O) groups excluding carboxylic acids is 2. The number of aliphatic imine (C=N–C) groups is 1. The molecule has 4 aliphatic rings. The number of β-lactam (4-membered cyclic amide) rings is 1. The molecule has 2 fully saturated rings. The van der Waals surface area contributed by atoms with Gasteiger partial charge in [0.2, 0.25) is 11.5 Å². The van der Waals surface area contributed by atoms with Crippen molar-refractivity contribution < 1.29 is 24.7 Å². The minimum atomic E-state index is -1.18. The van der Waals surface area contributed by atoms with Gasteiger partial charge in [-0.2, -0.15) is 9.36 Å². The van der Waals surface area contributed by atoms with Gasteiger partial charge in [-0.1, -0.05) is 16.9 Å². The van der Waals surface area contributed by atoms with Crippen molar-refractivity contribution in [2.75, 3.05) is 36.9 Å². The summed E-state index contributed by atoms with van der Waals surface area (Å²) in [5, 5.41) is 25.3. The van der Waals surface area contributed by atoms with Crippen LogP contribution in [-0.4, -0.2) is 106 Å². The number of rotatable bonds is 6. The molecule has 1 aromatic rings. The number of nitrogens with zero attached hydrogens (tertiary/aromatic N) is 6. The molecular weight excluding hydrogens is 525 g/mol. The molecule has 0 spiro atoms. The molecule has 0 aliphatic carbocycles. The summed E-state index contributed by atoms with van der Waals surface area (Å²) in [6, 6.07) is -0.970. The Morgan fingerprint density at radius 2 is 2.12 bits per heavy atom. The van der Waals surface area contributed by atoms with E-state index in [2.05, 4.69) is 29.7 Å². The van der Waals surface area contributed by atoms with Crippen molar-refractivity contribution in [1.82, 2.24) is 24.5 Å². The van der Waals surface area contributed by atoms with Gasteiger partial charge in [-0.05, 0) is 0 Å². The van der Waals surface area contributed by atoms with Gasteiger partial charge in [0.1, 0.15) is 17.1 Å². The standard InChI is InChI=1S/C17H18N8O5S4/c18-16-21-11(23-34-16)8(22-30)12(26)20-9-13(27)25-10(15(28)29)7(5-32-14(9)25)33-6-3-24(4-6)17-19-1-2-31-17/h6,9,14,30H,1-5H2,(H,20,26)(H,28,29)(H2,18,21,23)/b22-8-/t9-,14-/m1/s1. The molecule has 0 aromatic carbocycles. The molecule has 5 rings (SSSR count). The van der Waals surface area contributed by atoms with Crippen LogP contribution in [0, 0.1) is 0 Å². The van der Waals surface area contributed by atoms with E-state index in [-0.39, 0.29) is 21.9 Å². The molecule has 17 heteroatoms. The highest BCUT2D eigenvalue weighted by Gasteiger charge is 2.55. The maximum atomic E-state index is 12.9. The highest BCUT2D eigenvalue weighted by atomic mass is 32.2. The number of anilines is 1. The Labute approximate surface area is 209 Å². The van der Waals surface area contributed by atoms with Gasteiger partial charge < -0.3 is 26.3 Å². The number of likely N-dealkylation sites (tertiary alicyclic amines) is 1. The Hall–Kier alpha value is -2.50. The molecule has 5 N–H and O–H groups in total. The first-order valence-corrected chi connectivity index (χ1v) is 13.7. The van der Waals surface area contributed by atoms with Crippen molar-refractivity contribution in [3.05, 3.63) is 16.4 Å². The second kappa shape index (κ2) is 9.27. The van der Waals surface area contributed by atoms with E-state index in [1.807, 2.05) is 0 Å². The lowest BCUT2D eigenvalue weighted by Crippen LogP contribution is -2.71. The predicted octanol–water partition coefficient (Wildman–Crippen LogP) is -0.485. The highest BCUT2D eigenvalue weighted by Crippen LogP contribution is 2.45. The van der Waals surface area contributed by atoms with E-state index in [1.165, 1.54) is 28.4 Å². The molecule has 5 heterocycles. The molecule has 34 heavy (non-hydrogen) atoms. The van der Waals surface area contributed by atoms with Gasteiger partial charge >= 0.3 is 5.97 Å². The highest BCUT2D eigenvalue weighted by molar-refractivity contribution is 8.14. The molecule has 0 radical (unpaired) electrons. The van der Waals surface area contributed by atoms with Gasteiger partial charge in [-0.25, -0.2) is 4.79 Å². The molecule has 2 amide bonds.